The highest BCUT2D eigenvalue weighted by Gasteiger charge is 2.10. The van der Waals surface area contributed by atoms with Crippen LogP contribution in [0.5, 0.6) is 0 Å². The molecule has 1 rings (SSSR count). The highest BCUT2D eigenvalue weighted by atomic mass is 16.5. The third-order valence-electron chi connectivity index (χ3n) is 2.11. The standard InChI is InChI=1S/C9H18N4O/c1-3-14-7-8(12-10)6-9-11-4-5-13(9)2/h4-5,8,12H,3,6-7,10H2,1-2H3. The Balaban J connectivity index is 2.44. The van der Waals surface area contributed by atoms with E-state index >= 15 is 0 Å². The first-order valence-electron chi connectivity index (χ1n) is 4.78. The lowest BCUT2D eigenvalue weighted by Crippen LogP contribution is -2.40. The Kier molecular flexibility index (Phi) is 4.58. The van der Waals surface area contributed by atoms with Gasteiger partial charge in [-0.05, 0) is 6.92 Å². The first kappa shape index (κ1) is 11.2. The van der Waals surface area contributed by atoms with Crippen molar-refractivity contribution in [2.75, 3.05) is 13.2 Å². The Morgan fingerprint density at radius 3 is 3.00 bits per heavy atom. The summed E-state index contributed by atoms with van der Waals surface area (Å²) in [6.07, 6.45) is 4.48. The van der Waals surface area contributed by atoms with E-state index < -0.39 is 0 Å². The molecule has 5 heteroatoms. The number of nitrogens with one attached hydrogen (secondary N) is 1. The molecular formula is C9H18N4O. The number of hydrogen-bond acceptors (Lipinski definition) is 4. The summed E-state index contributed by atoms with van der Waals surface area (Å²) in [6.45, 7) is 3.28. The van der Waals surface area contributed by atoms with Crippen molar-refractivity contribution in [3.05, 3.63) is 18.2 Å². The molecule has 1 aromatic heterocycles. The van der Waals surface area contributed by atoms with Crippen LogP contribution < -0.4 is 11.3 Å². The quantitative estimate of drug-likeness (QED) is 0.492. The Hall–Kier alpha value is -0.910. The van der Waals surface area contributed by atoms with Crippen LogP contribution in [0.1, 0.15) is 12.7 Å². The van der Waals surface area contributed by atoms with E-state index in [-0.39, 0.29) is 6.04 Å². The van der Waals surface area contributed by atoms with Crippen LogP contribution in [0.25, 0.3) is 0 Å². The van der Waals surface area contributed by atoms with Gasteiger partial charge in [0, 0.05) is 32.5 Å². The molecule has 1 unspecified atom stereocenters. The summed E-state index contributed by atoms with van der Waals surface area (Å²) in [7, 11) is 1.97. The Bertz CT molecular complexity index is 261. The summed E-state index contributed by atoms with van der Waals surface area (Å²) in [4.78, 5) is 4.22. The van der Waals surface area contributed by atoms with E-state index in [9.17, 15) is 0 Å². The van der Waals surface area contributed by atoms with E-state index in [0.29, 0.717) is 13.2 Å². The summed E-state index contributed by atoms with van der Waals surface area (Å²) < 4.78 is 7.28. The minimum atomic E-state index is 0.121. The molecule has 0 aromatic carbocycles. The molecule has 0 saturated carbocycles. The molecule has 0 aliphatic heterocycles. The molecule has 0 aliphatic carbocycles. The Morgan fingerprint density at radius 1 is 1.71 bits per heavy atom. The van der Waals surface area contributed by atoms with Gasteiger partial charge in [-0.1, -0.05) is 0 Å². The SMILES string of the molecule is CCOCC(Cc1nccn1C)NN. The molecule has 0 spiro atoms. The van der Waals surface area contributed by atoms with Crippen LogP contribution in [0.15, 0.2) is 12.4 Å². The van der Waals surface area contributed by atoms with Gasteiger partial charge < -0.3 is 9.30 Å². The van der Waals surface area contributed by atoms with Gasteiger partial charge in [-0.25, -0.2) is 4.98 Å². The van der Waals surface area contributed by atoms with Gasteiger partial charge in [-0.15, -0.1) is 0 Å². The van der Waals surface area contributed by atoms with Crippen LogP contribution in [0, 0.1) is 0 Å². The minimum Gasteiger partial charge on any atom is -0.380 e. The summed E-state index contributed by atoms with van der Waals surface area (Å²) in [5, 5.41) is 0. The molecule has 0 aliphatic rings. The second-order valence-corrected chi connectivity index (χ2v) is 3.18. The van der Waals surface area contributed by atoms with E-state index in [1.54, 1.807) is 6.20 Å². The molecule has 0 radical (unpaired) electrons. The van der Waals surface area contributed by atoms with Crippen LogP contribution in [-0.2, 0) is 18.2 Å². The van der Waals surface area contributed by atoms with Crippen molar-refractivity contribution in [1.82, 2.24) is 15.0 Å². The summed E-state index contributed by atoms with van der Waals surface area (Å²) in [6, 6.07) is 0.121. The maximum atomic E-state index is 5.41. The van der Waals surface area contributed by atoms with Crippen LogP contribution in [0.2, 0.25) is 0 Å². The van der Waals surface area contributed by atoms with Crippen molar-refractivity contribution in [3.8, 4) is 0 Å². The van der Waals surface area contributed by atoms with Crippen LogP contribution in [-0.4, -0.2) is 28.8 Å². The number of nitrogens with zero attached hydrogens (tertiary/aromatic N) is 2. The maximum Gasteiger partial charge on any atom is 0.110 e. The lowest BCUT2D eigenvalue weighted by atomic mass is 10.2. The van der Waals surface area contributed by atoms with Gasteiger partial charge >= 0.3 is 0 Å². The molecule has 3 N–H and O–H groups in total. The Morgan fingerprint density at radius 2 is 2.50 bits per heavy atom. The predicted octanol–water partition coefficient (Wildman–Crippen LogP) is -0.169. The van der Waals surface area contributed by atoms with E-state index in [2.05, 4.69) is 10.4 Å². The predicted molar refractivity (Wildman–Crippen MR) is 54.5 cm³/mol. The zero-order valence-corrected chi connectivity index (χ0v) is 8.73. The highest BCUT2D eigenvalue weighted by molar-refractivity contribution is 4.94. The first-order valence-corrected chi connectivity index (χ1v) is 4.78. The largest absolute Gasteiger partial charge is 0.380 e. The number of hydrazine groups is 1. The summed E-state index contributed by atoms with van der Waals surface area (Å²) in [5.74, 6) is 6.42. The van der Waals surface area contributed by atoms with Gasteiger partial charge in [-0.2, -0.15) is 0 Å². The smallest absolute Gasteiger partial charge is 0.110 e. The van der Waals surface area contributed by atoms with Crippen molar-refractivity contribution in [3.63, 3.8) is 0 Å². The van der Waals surface area contributed by atoms with Gasteiger partial charge in [0.05, 0.1) is 12.6 Å². The van der Waals surface area contributed by atoms with Crippen molar-refractivity contribution in [1.29, 1.82) is 0 Å². The van der Waals surface area contributed by atoms with Crippen LogP contribution >= 0.6 is 0 Å². The maximum absolute atomic E-state index is 5.41. The molecule has 1 atom stereocenters. The van der Waals surface area contributed by atoms with Crippen LogP contribution in [0.4, 0.5) is 0 Å². The van der Waals surface area contributed by atoms with Gasteiger partial charge in [-0.3, -0.25) is 11.3 Å². The van der Waals surface area contributed by atoms with Gasteiger partial charge in [0.1, 0.15) is 5.82 Å². The number of nitrogens with two attached hydrogens (primary N) is 1. The molecule has 0 amide bonds. The van der Waals surface area contributed by atoms with Crippen molar-refractivity contribution >= 4 is 0 Å². The second-order valence-electron chi connectivity index (χ2n) is 3.18. The number of rotatable bonds is 6. The van der Waals surface area contributed by atoms with Gasteiger partial charge in [0.2, 0.25) is 0 Å². The minimum absolute atomic E-state index is 0.121. The second kappa shape index (κ2) is 5.74. The van der Waals surface area contributed by atoms with E-state index in [1.165, 1.54) is 0 Å². The number of hydrogen-bond donors (Lipinski definition) is 2. The topological polar surface area (TPSA) is 65.1 Å². The normalized spacial score (nSPS) is 13.1. The van der Waals surface area contributed by atoms with Crippen molar-refractivity contribution in [2.45, 2.75) is 19.4 Å². The molecule has 5 nitrogen and oxygen atoms in total. The monoisotopic (exact) mass is 198 g/mol. The molecule has 0 fully saturated rings. The summed E-state index contributed by atoms with van der Waals surface area (Å²) >= 11 is 0. The van der Waals surface area contributed by atoms with Crippen LogP contribution in [0.3, 0.4) is 0 Å². The fourth-order valence-corrected chi connectivity index (χ4v) is 1.24. The number of aryl methyl sites for hydroxylation is 1. The molecule has 0 saturated heterocycles. The summed E-state index contributed by atoms with van der Waals surface area (Å²) in [5.41, 5.74) is 2.72. The number of imidazole rings is 1. The number of aromatic nitrogens is 2. The molecule has 14 heavy (non-hydrogen) atoms. The fourth-order valence-electron chi connectivity index (χ4n) is 1.24. The molecule has 1 heterocycles. The van der Waals surface area contributed by atoms with E-state index in [4.69, 9.17) is 10.6 Å². The molecule has 1 aromatic rings. The zero-order valence-electron chi connectivity index (χ0n) is 8.73. The third-order valence-corrected chi connectivity index (χ3v) is 2.11. The van der Waals surface area contributed by atoms with Crippen molar-refractivity contribution in [2.24, 2.45) is 12.9 Å². The van der Waals surface area contributed by atoms with E-state index in [1.807, 2.05) is 24.7 Å². The first-order chi connectivity index (χ1) is 6.77. The average molecular weight is 198 g/mol. The molecular weight excluding hydrogens is 180 g/mol. The Labute approximate surface area is 84.2 Å². The third kappa shape index (κ3) is 3.10. The highest BCUT2D eigenvalue weighted by Crippen LogP contribution is 1.99. The molecule has 0 bridgehead atoms. The average Bonchev–Trinajstić information content (AvgIpc) is 2.59. The lowest BCUT2D eigenvalue weighted by molar-refractivity contribution is 0.122. The van der Waals surface area contributed by atoms with E-state index in [0.717, 1.165) is 12.2 Å². The molecule has 80 valence electrons. The van der Waals surface area contributed by atoms with Gasteiger partial charge in [0.15, 0.2) is 0 Å². The fraction of sp³-hybridized carbons (Fsp3) is 0.667. The number of ether oxygens (including phenoxy) is 1. The lowest BCUT2D eigenvalue weighted by Gasteiger charge is -2.14. The zero-order chi connectivity index (χ0) is 10.4. The van der Waals surface area contributed by atoms with Crippen molar-refractivity contribution < 1.29 is 4.74 Å². The van der Waals surface area contributed by atoms with Gasteiger partial charge in [0.25, 0.3) is 0 Å².